The van der Waals surface area contributed by atoms with Gasteiger partial charge < -0.3 is 9.47 Å². The Hall–Kier alpha value is -2.82. The van der Waals surface area contributed by atoms with E-state index in [4.69, 9.17) is 0 Å². The molecule has 32 heavy (non-hydrogen) atoms. The van der Waals surface area contributed by atoms with Gasteiger partial charge in [0.05, 0.1) is 22.8 Å². The van der Waals surface area contributed by atoms with Crippen molar-refractivity contribution >= 4 is 27.3 Å². The molecule has 2 fully saturated rings. The average Bonchev–Trinajstić information content (AvgIpc) is 3.15. The summed E-state index contributed by atoms with van der Waals surface area (Å²) in [7, 11) is 0. The highest BCUT2D eigenvalue weighted by Crippen LogP contribution is 2.59. The number of nitrogens with zero attached hydrogens (tertiary/aromatic N) is 2. The van der Waals surface area contributed by atoms with E-state index in [1.54, 1.807) is 6.07 Å². The third-order valence-corrected chi connectivity index (χ3v) is 7.09. The molecular formula is C21H14F6N2O2S. The molecule has 2 unspecified atom stereocenters. The van der Waals surface area contributed by atoms with Gasteiger partial charge in [-0.25, -0.2) is 13.2 Å². The lowest BCUT2D eigenvalue weighted by Crippen LogP contribution is -2.37. The second kappa shape index (κ2) is 6.84. The summed E-state index contributed by atoms with van der Waals surface area (Å²) in [5.41, 5.74) is -1.82. The number of piperidine rings is 1. The van der Waals surface area contributed by atoms with Crippen LogP contribution in [0, 0.1) is 17.7 Å². The third kappa shape index (κ3) is 3.21. The van der Waals surface area contributed by atoms with Crippen LogP contribution in [0.3, 0.4) is 0 Å². The third-order valence-electron chi connectivity index (χ3n) is 6.14. The minimum absolute atomic E-state index is 0.0213. The number of aromatic nitrogens is 1. The number of pyridine rings is 1. The van der Waals surface area contributed by atoms with E-state index in [9.17, 15) is 35.9 Å². The summed E-state index contributed by atoms with van der Waals surface area (Å²) in [6.07, 6.45) is -3.51. The molecule has 4 nitrogen and oxygen atoms in total. The maximum atomic E-state index is 13.7. The molecule has 1 aromatic carbocycles. The Morgan fingerprint density at radius 3 is 2.50 bits per heavy atom. The van der Waals surface area contributed by atoms with Crippen molar-refractivity contribution < 1.29 is 31.1 Å². The van der Waals surface area contributed by atoms with Crippen molar-refractivity contribution in [2.75, 3.05) is 13.1 Å². The number of thiophene rings is 1. The van der Waals surface area contributed by atoms with Gasteiger partial charge in [-0.1, -0.05) is 6.07 Å². The maximum absolute atomic E-state index is 13.7. The molecule has 3 heterocycles. The number of hydrogen-bond acceptors (Lipinski definition) is 3. The summed E-state index contributed by atoms with van der Waals surface area (Å²) in [5, 5.41) is 1.61. The Kier molecular flexibility index (Phi) is 4.50. The molecule has 11 heteroatoms. The van der Waals surface area contributed by atoms with Gasteiger partial charge in [-0.15, -0.1) is 11.3 Å². The van der Waals surface area contributed by atoms with Gasteiger partial charge in [0.25, 0.3) is 11.5 Å². The van der Waals surface area contributed by atoms with Crippen LogP contribution in [0.1, 0.15) is 5.56 Å². The fourth-order valence-corrected chi connectivity index (χ4v) is 5.24. The molecule has 1 saturated heterocycles. The van der Waals surface area contributed by atoms with Crippen LogP contribution >= 0.6 is 11.3 Å². The van der Waals surface area contributed by atoms with Crippen molar-refractivity contribution in [2.24, 2.45) is 11.8 Å². The molecule has 1 saturated carbocycles. The highest BCUT2D eigenvalue weighted by Gasteiger charge is 2.72. The van der Waals surface area contributed by atoms with Crippen LogP contribution in [-0.2, 0) is 17.5 Å². The van der Waals surface area contributed by atoms with E-state index in [1.165, 1.54) is 16.5 Å². The fourth-order valence-electron chi connectivity index (χ4n) is 4.29. The Morgan fingerprint density at radius 2 is 1.84 bits per heavy atom. The Labute approximate surface area is 180 Å². The van der Waals surface area contributed by atoms with Crippen LogP contribution < -0.4 is 5.56 Å². The highest BCUT2D eigenvalue weighted by molar-refractivity contribution is 7.17. The normalized spacial score (nSPS) is 21.8. The Bertz CT molecular complexity index is 1300. The number of likely N-dealkylation sites (tertiary alicyclic amines) is 1. The molecule has 0 radical (unpaired) electrons. The van der Waals surface area contributed by atoms with Crippen LogP contribution in [0.2, 0.25) is 0 Å². The molecule has 1 amide bonds. The van der Waals surface area contributed by atoms with Crippen molar-refractivity contribution in [2.45, 2.75) is 18.6 Å². The molecule has 0 N–H and O–H groups in total. The topological polar surface area (TPSA) is 42.3 Å². The van der Waals surface area contributed by atoms with Crippen molar-refractivity contribution in [3.63, 3.8) is 0 Å². The van der Waals surface area contributed by atoms with Gasteiger partial charge in [-0.2, -0.15) is 13.2 Å². The lowest BCUT2D eigenvalue weighted by molar-refractivity contribution is -0.140. The Morgan fingerprint density at radius 1 is 1.16 bits per heavy atom. The molecule has 2 atom stereocenters. The quantitative estimate of drug-likeness (QED) is 0.523. The number of benzene rings is 1. The molecule has 1 aliphatic heterocycles. The molecule has 3 aromatic rings. The smallest absolute Gasteiger partial charge is 0.340 e. The zero-order valence-electron chi connectivity index (χ0n) is 16.1. The van der Waals surface area contributed by atoms with Crippen molar-refractivity contribution in [1.29, 1.82) is 0 Å². The fraction of sp³-hybridized carbons (Fsp3) is 0.333. The van der Waals surface area contributed by atoms with Crippen LogP contribution in [0.15, 0.2) is 40.6 Å². The monoisotopic (exact) mass is 472 g/mol. The second-order valence-corrected chi connectivity index (χ2v) is 8.93. The van der Waals surface area contributed by atoms with Gasteiger partial charge in [0, 0.05) is 34.9 Å². The molecule has 0 spiro atoms. The van der Waals surface area contributed by atoms with Gasteiger partial charge in [-0.05, 0) is 23.8 Å². The SMILES string of the molecule is O=C(Cn1ccc2scc(-c3ccc(F)c(C(F)(F)F)c3)c2c1=O)N1CC2C(C1)C2(F)F. The number of carbonyl (C=O) groups excluding carboxylic acids is 1. The van der Waals surface area contributed by atoms with E-state index in [0.29, 0.717) is 16.8 Å². The highest BCUT2D eigenvalue weighted by atomic mass is 32.1. The van der Waals surface area contributed by atoms with E-state index in [-0.39, 0.29) is 36.1 Å². The van der Waals surface area contributed by atoms with Gasteiger partial charge in [0.15, 0.2) is 0 Å². The van der Waals surface area contributed by atoms with Gasteiger partial charge >= 0.3 is 6.18 Å². The first kappa shape index (κ1) is 21.0. The number of carbonyl (C=O) groups is 1. The number of halogens is 6. The first-order valence-corrected chi connectivity index (χ1v) is 10.5. The van der Waals surface area contributed by atoms with Crippen LogP contribution in [0.25, 0.3) is 21.2 Å². The lowest BCUT2D eigenvalue weighted by Gasteiger charge is -2.20. The van der Waals surface area contributed by atoms with Gasteiger partial charge in [0.2, 0.25) is 5.91 Å². The number of fused-ring (bicyclic) bond motifs is 2. The molecule has 2 aromatic heterocycles. The maximum Gasteiger partial charge on any atom is 0.419 e. The molecule has 1 aliphatic carbocycles. The first-order chi connectivity index (χ1) is 15.0. The molecule has 0 bridgehead atoms. The average molecular weight is 472 g/mol. The summed E-state index contributed by atoms with van der Waals surface area (Å²) < 4.78 is 81.3. The van der Waals surface area contributed by atoms with E-state index in [1.807, 2.05) is 0 Å². The second-order valence-electron chi connectivity index (χ2n) is 8.02. The van der Waals surface area contributed by atoms with E-state index in [2.05, 4.69) is 0 Å². The van der Waals surface area contributed by atoms with Gasteiger partial charge in [-0.3, -0.25) is 9.59 Å². The molecular weight excluding hydrogens is 458 g/mol. The van der Waals surface area contributed by atoms with Crippen LogP contribution in [-0.4, -0.2) is 34.4 Å². The first-order valence-electron chi connectivity index (χ1n) is 9.62. The summed E-state index contributed by atoms with van der Waals surface area (Å²) in [4.78, 5) is 26.9. The van der Waals surface area contributed by atoms with Crippen LogP contribution in [0.5, 0.6) is 0 Å². The number of hydrogen-bond donors (Lipinski definition) is 0. The summed E-state index contributed by atoms with van der Waals surface area (Å²) in [5.74, 6) is -6.31. The van der Waals surface area contributed by atoms with Gasteiger partial charge in [0.1, 0.15) is 12.4 Å². The number of amides is 1. The molecule has 2 aliphatic rings. The summed E-state index contributed by atoms with van der Waals surface area (Å²) in [6.45, 7) is -0.494. The van der Waals surface area contributed by atoms with E-state index >= 15 is 0 Å². The number of alkyl halides is 5. The molecule has 5 rings (SSSR count). The van der Waals surface area contributed by atoms with E-state index < -0.39 is 46.8 Å². The summed E-state index contributed by atoms with van der Waals surface area (Å²) >= 11 is 1.13. The zero-order valence-corrected chi connectivity index (χ0v) is 16.9. The van der Waals surface area contributed by atoms with Crippen molar-refractivity contribution in [3.8, 4) is 11.1 Å². The van der Waals surface area contributed by atoms with Crippen molar-refractivity contribution in [1.82, 2.24) is 9.47 Å². The largest absolute Gasteiger partial charge is 0.419 e. The summed E-state index contributed by atoms with van der Waals surface area (Å²) in [6, 6.07) is 4.06. The zero-order chi connectivity index (χ0) is 23.0. The van der Waals surface area contributed by atoms with Crippen LogP contribution in [0.4, 0.5) is 26.3 Å². The number of rotatable bonds is 3. The predicted octanol–water partition coefficient (Wildman–Crippen LogP) is 4.61. The van der Waals surface area contributed by atoms with Crippen molar-refractivity contribution in [3.05, 3.63) is 57.6 Å². The Balaban J connectivity index is 1.47. The molecule has 168 valence electrons. The predicted molar refractivity (Wildman–Crippen MR) is 105 cm³/mol. The lowest BCUT2D eigenvalue weighted by atomic mass is 10.0. The van der Waals surface area contributed by atoms with E-state index in [0.717, 1.165) is 22.0 Å². The standard InChI is InChI=1S/C21H14F6N2O2S/c22-15-2-1-10(5-12(15)21(25,26)27)11-9-32-16-3-4-28(19(31)18(11)16)8-17(30)29-6-13-14(7-29)20(13,23)24/h1-5,9,13-14H,6-8H2. The minimum atomic E-state index is -4.90. The minimum Gasteiger partial charge on any atom is -0.340 e.